The van der Waals surface area contributed by atoms with Crippen LogP contribution in [-0.2, 0) is 4.74 Å². The molecule has 0 atom stereocenters. The van der Waals surface area contributed by atoms with Gasteiger partial charge in [-0.3, -0.25) is 9.89 Å². The lowest BCUT2D eigenvalue weighted by Crippen LogP contribution is -2.46. The number of ether oxygens (including phenoxy) is 1. The summed E-state index contributed by atoms with van der Waals surface area (Å²) in [5.74, 6) is 1.08. The zero-order valence-corrected chi connectivity index (χ0v) is 15.0. The van der Waals surface area contributed by atoms with Gasteiger partial charge in [-0.15, -0.1) is 0 Å². The maximum atomic E-state index is 5.50. The van der Waals surface area contributed by atoms with Gasteiger partial charge in [-0.2, -0.15) is 0 Å². The summed E-state index contributed by atoms with van der Waals surface area (Å²) in [7, 11) is 8.31. The minimum absolute atomic E-state index is 0.368. The van der Waals surface area contributed by atoms with Crippen LogP contribution in [0.5, 0.6) is 0 Å². The zero-order valence-electron chi connectivity index (χ0n) is 15.0. The largest absolute Gasteiger partial charge is 0.379 e. The number of aliphatic imine (C=N–C) groups is 1. The minimum Gasteiger partial charge on any atom is -0.379 e. The highest BCUT2D eigenvalue weighted by Crippen LogP contribution is 2.37. The molecule has 1 aliphatic carbocycles. The van der Waals surface area contributed by atoms with Crippen LogP contribution < -0.4 is 0 Å². The van der Waals surface area contributed by atoms with Gasteiger partial charge in [-0.1, -0.05) is 19.3 Å². The van der Waals surface area contributed by atoms with Crippen LogP contribution in [0, 0.1) is 5.41 Å². The lowest BCUT2D eigenvalue weighted by atomic mass is 9.73. The van der Waals surface area contributed by atoms with Crippen molar-refractivity contribution in [1.82, 2.24) is 14.7 Å². The van der Waals surface area contributed by atoms with Gasteiger partial charge in [0.15, 0.2) is 5.96 Å². The average Bonchev–Trinajstić information content (AvgIpc) is 2.48. The van der Waals surface area contributed by atoms with Crippen molar-refractivity contribution in [3.8, 4) is 0 Å². The fraction of sp³-hybridized carbons (Fsp3) is 0.941. The van der Waals surface area contributed by atoms with Crippen molar-refractivity contribution in [2.75, 3.05) is 67.6 Å². The third kappa shape index (κ3) is 4.85. The molecule has 2 aliphatic rings. The van der Waals surface area contributed by atoms with Crippen LogP contribution in [-0.4, -0.2) is 88.2 Å². The van der Waals surface area contributed by atoms with Gasteiger partial charge in [0.05, 0.1) is 13.2 Å². The molecule has 22 heavy (non-hydrogen) atoms. The van der Waals surface area contributed by atoms with Crippen molar-refractivity contribution in [3.63, 3.8) is 0 Å². The SMILES string of the molecule is CN(C)C(=NCC1(CN2CCOCC2)CCCCC1)N(C)C. The minimum atomic E-state index is 0.368. The van der Waals surface area contributed by atoms with Gasteiger partial charge < -0.3 is 14.5 Å². The Morgan fingerprint density at radius 3 is 2.14 bits per heavy atom. The molecule has 1 heterocycles. The molecule has 128 valence electrons. The van der Waals surface area contributed by atoms with Gasteiger partial charge >= 0.3 is 0 Å². The average molecular weight is 310 g/mol. The lowest BCUT2D eigenvalue weighted by molar-refractivity contribution is 0.00931. The number of nitrogens with zero attached hydrogens (tertiary/aromatic N) is 4. The molecule has 0 N–H and O–H groups in total. The number of hydrogen-bond acceptors (Lipinski definition) is 3. The monoisotopic (exact) mass is 310 g/mol. The van der Waals surface area contributed by atoms with Crippen LogP contribution in [0.2, 0.25) is 0 Å². The van der Waals surface area contributed by atoms with Gasteiger partial charge in [0.2, 0.25) is 0 Å². The molecule has 0 aromatic heterocycles. The van der Waals surface area contributed by atoms with Crippen molar-refractivity contribution in [2.24, 2.45) is 10.4 Å². The number of guanidine groups is 1. The van der Waals surface area contributed by atoms with Gasteiger partial charge in [0.25, 0.3) is 0 Å². The molecule has 2 rings (SSSR count). The van der Waals surface area contributed by atoms with Gasteiger partial charge in [-0.25, -0.2) is 0 Å². The first-order valence-corrected chi connectivity index (χ1v) is 8.72. The van der Waals surface area contributed by atoms with E-state index in [2.05, 4.69) is 42.9 Å². The Morgan fingerprint density at radius 1 is 1.00 bits per heavy atom. The van der Waals surface area contributed by atoms with E-state index in [1.165, 1.54) is 38.6 Å². The van der Waals surface area contributed by atoms with Gasteiger partial charge in [0, 0.05) is 59.8 Å². The fourth-order valence-electron chi connectivity index (χ4n) is 3.82. The third-order valence-electron chi connectivity index (χ3n) is 4.93. The Bertz CT molecular complexity index is 346. The fourth-order valence-corrected chi connectivity index (χ4v) is 3.82. The van der Waals surface area contributed by atoms with E-state index in [0.717, 1.165) is 38.8 Å². The van der Waals surface area contributed by atoms with Crippen LogP contribution in [0.15, 0.2) is 4.99 Å². The molecular formula is C17H34N4O. The highest BCUT2D eigenvalue weighted by atomic mass is 16.5. The molecule has 5 heteroatoms. The summed E-state index contributed by atoms with van der Waals surface area (Å²) in [5, 5.41) is 0. The molecule has 0 bridgehead atoms. The molecule has 1 saturated carbocycles. The van der Waals surface area contributed by atoms with E-state index in [1.54, 1.807) is 0 Å². The van der Waals surface area contributed by atoms with Gasteiger partial charge in [-0.05, 0) is 12.8 Å². The van der Waals surface area contributed by atoms with Crippen molar-refractivity contribution < 1.29 is 4.74 Å². The summed E-state index contributed by atoms with van der Waals surface area (Å²) in [5.41, 5.74) is 0.368. The van der Waals surface area contributed by atoms with Gasteiger partial charge in [0.1, 0.15) is 0 Å². The lowest BCUT2D eigenvalue weighted by Gasteiger charge is -2.41. The van der Waals surface area contributed by atoms with Crippen LogP contribution in [0.25, 0.3) is 0 Å². The third-order valence-corrected chi connectivity index (χ3v) is 4.93. The van der Waals surface area contributed by atoms with Crippen LogP contribution in [0.1, 0.15) is 32.1 Å². The van der Waals surface area contributed by atoms with E-state index in [0.29, 0.717) is 5.41 Å². The second kappa shape index (κ2) is 8.16. The van der Waals surface area contributed by atoms with E-state index in [-0.39, 0.29) is 0 Å². The smallest absolute Gasteiger partial charge is 0.195 e. The predicted octanol–water partition coefficient (Wildman–Crippen LogP) is 1.75. The van der Waals surface area contributed by atoms with E-state index in [9.17, 15) is 0 Å². The summed E-state index contributed by atoms with van der Waals surface area (Å²) >= 11 is 0. The topological polar surface area (TPSA) is 31.3 Å². The molecule has 1 saturated heterocycles. The first-order chi connectivity index (χ1) is 10.5. The molecule has 0 aromatic rings. The molecule has 0 radical (unpaired) electrons. The van der Waals surface area contributed by atoms with Crippen LogP contribution in [0.4, 0.5) is 0 Å². The van der Waals surface area contributed by atoms with E-state index in [1.807, 2.05) is 0 Å². The standard InChI is InChI=1S/C17H34N4O/c1-19(2)16(20(3)4)18-14-17(8-6-5-7-9-17)15-21-10-12-22-13-11-21/h5-15H2,1-4H3. The normalized spacial score (nSPS) is 22.2. The number of morpholine rings is 1. The highest BCUT2D eigenvalue weighted by Gasteiger charge is 2.34. The van der Waals surface area contributed by atoms with Crippen LogP contribution in [0.3, 0.4) is 0 Å². The molecule has 0 spiro atoms. The maximum absolute atomic E-state index is 5.50. The Morgan fingerprint density at radius 2 is 1.59 bits per heavy atom. The van der Waals surface area contributed by atoms with Crippen LogP contribution >= 0.6 is 0 Å². The summed E-state index contributed by atoms with van der Waals surface area (Å²) in [6.07, 6.45) is 6.75. The number of hydrogen-bond donors (Lipinski definition) is 0. The zero-order chi connectivity index (χ0) is 16.0. The predicted molar refractivity (Wildman–Crippen MR) is 92.5 cm³/mol. The molecule has 5 nitrogen and oxygen atoms in total. The second-order valence-corrected chi connectivity index (χ2v) is 7.35. The van der Waals surface area contributed by atoms with Crippen molar-refractivity contribution in [2.45, 2.75) is 32.1 Å². The van der Waals surface area contributed by atoms with E-state index >= 15 is 0 Å². The molecular weight excluding hydrogens is 276 g/mol. The molecule has 2 fully saturated rings. The molecule has 0 unspecified atom stereocenters. The Hall–Kier alpha value is -0.810. The Labute approximate surface area is 136 Å². The molecule has 0 amide bonds. The Balaban J connectivity index is 2.05. The van der Waals surface area contributed by atoms with Crippen molar-refractivity contribution in [3.05, 3.63) is 0 Å². The summed E-state index contributed by atoms with van der Waals surface area (Å²) in [4.78, 5) is 11.8. The summed E-state index contributed by atoms with van der Waals surface area (Å²) < 4.78 is 5.50. The second-order valence-electron chi connectivity index (χ2n) is 7.35. The quantitative estimate of drug-likeness (QED) is 0.585. The summed E-state index contributed by atoms with van der Waals surface area (Å²) in [6.45, 7) is 6.09. The van der Waals surface area contributed by atoms with E-state index < -0.39 is 0 Å². The molecule has 1 aliphatic heterocycles. The maximum Gasteiger partial charge on any atom is 0.195 e. The molecule has 0 aromatic carbocycles. The van der Waals surface area contributed by atoms with Crippen molar-refractivity contribution >= 4 is 5.96 Å². The summed E-state index contributed by atoms with van der Waals surface area (Å²) in [6, 6.07) is 0. The highest BCUT2D eigenvalue weighted by molar-refractivity contribution is 5.79. The first kappa shape index (κ1) is 17.5. The number of rotatable bonds is 4. The first-order valence-electron chi connectivity index (χ1n) is 8.72. The van der Waals surface area contributed by atoms with E-state index in [4.69, 9.17) is 9.73 Å². The Kier molecular flexibility index (Phi) is 6.50. The van der Waals surface area contributed by atoms with Crippen molar-refractivity contribution in [1.29, 1.82) is 0 Å².